The topological polar surface area (TPSA) is 46.0 Å². The lowest BCUT2D eigenvalue weighted by molar-refractivity contribution is 0.214. The van der Waals surface area contributed by atoms with Crippen LogP contribution in [0.5, 0.6) is 0 Å². The van der Waals surface area contributed by atoms with Crippen LogP contribution in [0.4, 0.5) is 0 Å². The number of rotatable bonds is 2. The maximum Gasteiger partial charge on any atom is 0.124 e. The molecule has 0 amide bonds. The van der Waals surface area contributed by atoms with Crippen molar-refractivity contribution in [2.45, 2.75) is 13.0 Å². The second-order valence-electron chi connectivity index (χ2n) is 3.51. The standard InChI is InChI=1S/C12H11ClN2O/c1-8-4-6-14-7-9(8)12(16)11-10(13)3-2-5-15-11/h2-7,12,16H,1H3. The summed E-state index contributed by atoms with van der Waals surface area (Å²) in [5, 5.41) is 10.6. The van der Waals surface area contributed by atoms with Gasteiger partial charge in [0.05, 0.1) is 10.7 Å². The number of hydrogen-bond donors (Lipinski definition) is 1. The molecule has 3 nitrogen and oxygen atoms in total. The molecule has 0 aliphatic rings. The summed E-state index contributed by atoms with van der Waals surface area (Å²) in [7, 11) is 0. The molecule has 2 rings (SSSR count). The molecule has 2 aromatic rings. The van der Waals surface area contributed by atoms with Crippen molar-refractivity contribution < 1.29 is 5.11 Å². The number of hydrogen-bond acceptors (Lipinski definition) is 3. The van der Waals surface area contributed by atoms with Crippen LogP contribution in [-0.2, 0) is 0 Å². The lowest BCUT2D eigenvalue weighted by atomic mass is 10.0. The molecule has 0 aromatic carbocycles. The number of aliphatic hydroxyl groups excluding tert-OH is 1. The van der Waals surface area contributed by atoms with Crippen LogP contribution in [0.1, 0.15) is 22.9 Å². The van der Waals surface area contributed by atoms with Gasteiger partial charge in [0, 0.05) is 24.2 Å². The van der Waals surface area contributed by atoms with Gasteiger partial charge in [0.1, 0.15) is 6.10 Å². The molecule has 4 heteroatoms. The van der Waals surface area contributed by atoms with Crippen LogP contribution in [0.2, 0.25) is 5.02 Å². The largest absolute Gasteiger partial charge is 0.382 e. The highest BCUT2D eigenvalue weighted by Gasteiger charge is 2.16. The summed E-state index contributed by atoms with van der Waals surface area (Å²) in [6.45, 7) is 1.91. The molecule has 0 aliphatic carbocycles. The summed E-state index contributed by atoms with van der Waals surface area (Å²) in [4.78, 5) is 8.08. The Labute approximate surface area is 98.8 Å². The zero-order chi connectivity index (χ0) is 11.5. The minimum atomic E-state index is -0.831. The van der Waals surface area contributed by atoms with Crippen LogP contribution in [0.3, 0.4) is 0 Å². The molecule has 0 bridgehead atoms. The number of aromatic nitrogens is 2. The minimum absolute atomic E-state index is 0.457. The van der Waals surface area contributed by atoms with E-state index >= 15 is 0 Å². The van der Waals surface area contributed by atoms with Crippen molar-refractivity contribution in [3.63, 3.8) is 0 Å². The molecule has 0 aliphatic heterocycles. The fourth-order valence-electron chi connectivity index (χ4n) is 1.51. The fourth-order valence-corrected chi connectivity index (χ4v) is 1.73. The van der Waals surface area contributed by atoms with Crippen LogP contribution in [0.15, 0.2) is 36.8 Å². The molecule has 0 saturated carbocycles. The molecule has 1 N–H and O–H groups in total. The van der Waals surface area contributed by atoms with Crippen LogP contribution >= 0.6 is 11.6 Å². The maximum atomic E-state index is 10.2. The van der Waals surface area contributed by atoms with Crippen LogP contribution < -0.4 is 0 Å². The predicted molar refractivity (Wildman–Crippen MR) is 62.3 cm³/mol. The first-order chi connectivity index (χ1) is 7.70. The predicted octanol–water partition coefficient (Wildman–Crippen LogP) is 2.52. The zero-order valence-electron chi connectivity index (χ0n) is 8.76. The third kappa shape index (κ3) is 2.05. The third-order valence-electron chi connectivity index (χ3n) is 2.42. The van der Waals surface area contributed by atoms with Crippen molar-refractivity contribution in [2.75, 3.05) is 0 Å². The second-order valence-corrected chi connectivity index (χ2v) is 3.91. The molecule has 2 heterocycles. The molecule has 0 radical (unpaired) electrons. The van der Waals surface area contributed by atoms with Gasteiger partial charge in [-0.25, -0.2) is 0 Å². The molecule has 0 saturated heterocycles. The summed E-state index contributed by atoms with van der Waals surface area (Å²) in [5.41, 5.74) is 2.15. The van der Waals surface area contributed by atoms with E-state index in [9.17, 15) is 5.11 Å². The van der Waals surface area contributed by atoms with Gasteiger partial charge >= 0.3 is 0 Å². The lowest BCUT2D eigenvalue weighted by Gasteiger charge is -2.13. The molecule has 82 valence electrons. The molecule has 2 aromatic heterocycles. The fraction of sp³-hybridized carbons (Fsp3) is 0.167. The van der Waals surface area contributed by atoms with E-state index in [4.69, 9.17) is 11.6 Å². The quantitative estimate of drug-likeness (QED) is 0.869. The number of nitrogens with zero attached hydrogens (tertiary/aromatic N) is 2. The number of halogens is 1. The molecular weight excluding hydrogens is 224 g/mol. The Morgan fingerprint density at radius 3 is 2.81 bits per heavy atom. The molecule has 1 atom stereocenters. The van der Waals surface area contributed by atoms with Crippen molar-refractivity contribution in [1.29, 1.82) is 0 Å². The average Bonchev–Trinajstić information content (AvgIpc) is 2.29. The van der Waals surface area contributed by atoms with Gasteiger partial charge in [0.25, 0.3) is 0 Å². The normalized spacial score (nSPS) is 12.4. The molecular formula is C12H11ClN2O. The highest BCUT2D eigenvalue weighted by atomic mass is 35.5. The summed E-state index contributed by atoms with van der Waals surface area (Å²) in [5.74, 6) is 0. The van der Waals surface area contributed by atoms with E-state index in [0.717, 1.165) is 11.1 Å². The highest BCUT2D eigenvalue weighted by molar-refractivity contribution is 6.31. The van der Waals surface area contributed by atoms with Gasteiger partial charge in [0.15, 0.2) is 0 Å². The first-order valence-electron chi connectivity index (χ1n) is 4.89. The van der Waals surface area contributed by atoms with Gasteiger partial charge in [-0.05, 0) is 30.7 Å². The Balaban J connectivity index is 2.44. The molecule has 1 unspecified atom stereocenters. The molecule has 0 spiro atoms. The Morgan fingerprint density at radius 1 is 1.31 bits per heavy atom. The first kappa shape index (κ1) is 11.0. The van der Waals surface area contributed by atoms with Crippen molar-refractivity contribution in [3.8, 4) is 0 Å². The van der Waals surface area contributed by atoms with Gasteiger partial charge in [-0.1, -0.05) is 11.6 Å². The van der Waals surface area contributed by atoms with E-state index in [2.05, 4.69) is 9.97 Å². The summed E-state index contributed by atoms with van der Waals surface area (Å²) >= 11 is 5.98. The van der Waals surface area contributed by atoms with Crippen molar-refractivity contribution >= 4 is 11.6 Å². The van der Waals surface area contributed by atoms with E-state index in [-0.39, 0.29) is 0 Å². The summed E-state index contributed by atoms with van der Waals surface area (Å²) < 4.78 is 0. The van der Waals surface area contributed by atoms with E-state index in [1.165, 1.54) is 0 Å². The van der Waals surface area contributed by atoms with Gasteiger partial charge in [-0.15, -0.1) is 0 Å². The monoisotopic (exact) mass is 234 g/mol. The van der Waals surface area contributed by atoms with E-state index in [0.29, 0.717) is 10.7 Å². The Kier molecular flexibility index (Phi) is 3.17. The van der Waals surface area contributed by atoms with Gasteiger partial charge in [-0.2, -0.15) is 0 Å². The van der Waals surface area contributed by atoms with E-state index in [1.807, 2.05) is 13.0 Å². The van der Waals surface area contributed by atoms with Crippen LogP contribution in [-0.4, -0.2) is 15.1 Å². The highest BCUT2D eigenvalue weighted by Crippen LogP contribution is 2.27. The summed E-state index contributed by atoms with van der Waals surface area (Å²) in [6.07, 6.45) is 4.09. The first-order valence-corrected chi connectivity index (χ1v) is 5.27. The average molecular weight is 235 g/mol. The Morgan fingerprint density at radius 2 is 2.12 bits per heavy atom. The maximum absolute atomic E-state index is 10.2. The van der Waals surface area contributed by atoms with Crippen LogP contribution in [0.25, 0.3) is 0 Å². The molecule has 0 fully saturated rings. The third-order valence-corrected chi connectivity index (χ3v) is 2.74. The van der Waals surface area contributed by atoms with E-state index in [1.54, 1.807) is 30.7 Å². The van der Waals surface area contributed by atoms with Crippen molar-refractivity contribution in [1.82, 2.24) is 9.97 Å². The lowest BCUT2D eigenvalue weighted by Crippen LogP contribution is -2.05. The summed E-state index contributed by atoms with van der Waals surface area (Å²) in [6, 6.07) is 5.28. The Hall–Kier alpha value is -1.45. The minimum Gasteiger partial charge on any atom is -0.382 e. The van der Waals surface area contributed by atoms with Gasteiger partial charge < -0.3 is 5.11 Å². The number of aliphatic hydroxyl groups is 1. The zero-order valence-corrected chi connectivity index (χ0v) is 9.52. The van der Waals surface area contributed by atoms with Crippen molar-refractivity contribution in [3.05, 3.63) is 58.6 Å². The van der Waals surface area contributed by atoms with Crippen LogP contribution in [0, 0.1) is 6.92 Å². The van der Waals surface area contributed by atoms with Gasteiger partial charge in [-0.3, -0.25) is 9.97 Å². The van der Waals surface area contributed by atoms with E-state index < -0.39 is 6.10 Å². The number of pyridine rings is 2. The second kappa shape index (κ2) is 4.60. The molecule has 16 heavy (non-hydrogen) atoms. The van der Waals surface area contributed by atoms with Crippen molar-refractivity contribution in [2.24, 2.45) is 0 Å². The number of aryl methyl sites for hydroxylation is 1. The SMILES string of the molecule is Cc1ccncc1C(O)c1ncccc1Cl. The van der Waals surface area contributed by atoms with Gasteiger partial charge in [0.2, 0.25) is 0 Å². The smallest absolute Gasteiger partial charge is 0.124 e. The Bertz CT molecular complexity index is 456.